The quantitative estimate of drug-likeness (QED) is 0.943. The van der Waals surface area contributed by atoms with Gasteiger partial charge in [0.1, 0.15) is 0 Å². The average Bonchev–Trinajstić information content (AvgIpc) is 3.04. The minimum Gasteiger partial charge on any atom is -0.478 e. The van der Waals surface area contributed by atoms with Gasteiger partial charge in [-0.3, -0.25) is 4.79 Å². The van der Waals surface area contributed by atoms with Crippen molar-refractivity contribution in [3.05, 3.63) is 57.3 Å². The Hall–Kier alpha value is -2.14. The first-order valence-corrected chi connectivity index (χ1v) is 8.22. The molecular weight excluding hydrogens is 298 g/mol. The Bertz CT molecular complexity index is 694. The number of aryl methyl sites for hydroxylation is 1. The van der Waals surface area contributed by atoms with E-state index in [1.54, 1.807) is 23.5 Å². The van der Waals surface area contributed by atoms with E-state index in [2.05, 4.69) is 5.38 Å². The fourth-order valence-corrected chi connectivity index (χ4v) is 3.45. The number of carbonyl (C=O) groups is 2. The molecule has 5 heteroatoms. The van der Waals surface area contributed by atoms with Crippen LogP contribution in [-0.2, 0) is 24.2 Å². The van der Waals surface area contributed by atoms with Crippen molar-refractivity contribution in [2.75, 3.05) is 6.54 Å². The van der Waals surface area contributed by atoms with Gasteiger partial charge in [0.2, 0.25) is 5.91 Å². The van der Waals surface area contributed by atoms with Gasteiger partial charge in [0.25, 0.3) is 0 Å². The number of benzene rings is 1. The molecule has 0 bridgehead atoms. The van der Waals surface area contributed by atoms with Crippen molar-refractivity contribution < 1.29 is 14.7 Å². The Labute approximate surface area is 133 Å². The van der Waals surface area contributed by atoms with Crippen LogP contribution in [0.15, 0.2) is 35.0 Å². The van der Waals surface area contributed by atoms with E-state index >= 15 is 0 Å². The van der Waals surface area contributed by atoms with Gasteiger partial charge in [0, 0.05) is 19.5 Å². The van der Waals surface area contributed by atoms with Gasteiger partial charge in [0.15, 0.2) is 0 Å². The third-order valence-corrected chi connectivity index (χ3v) is 4.76. The minimum atomic E-state index is -0.927. The van der Waals surface area contributed by atoms with Crippen molar-refractivity contribution in [3.8, 4) is 0 Å². The Balaban J connectivity index is 1.66. The van der Waals surface area contributed by atoms with Crippen LogP contribution >= 0.6 is 11.3 Å². The molecular formula is C17H17NO3S. The molecule has 1 aliphatic heterocycles. The summed E-state index contributed by atoms with van der Waals surface area (Å²) in [7, 11) is 0. The smallest absolute Gasteiger partial charge is 0.335 e. The first-order chi connectivity index (χ1) is 10.6. The van der Waals surface area contributed by atoms with Crippen LogP contribution in [0.5, 0.6) is 0 Å². The second kappa shape index (κ2) is 6.32. The molecule has 22 heavy (non-hydrogen) atoms. The van der Waals surface area contributed by atoms with Gasteiger partial charge in [-0.2, -0.15) is 11.3 Å². The Morgan fingerprint density at radius 2 is 2.09 bits per heavy atom. The number of aromatic carboxylic acids is 1. The fourth-order valence-electron chi connectivity index (χ4n) is 2.75. The normalized spacial score (nSPS) is 13.7. The number of amides is 1. The molecule has 0 radical (unpaired) electrons. The number of carboxylic acids is 1. The standard InChI is InChI=1S/C17H17NO3S/c19-16(4-1-12-6-8-22-11-12)18-7-5-13-2-3-14(17(20)21)9-15(13)10-18/h2-3,6,8-9,11H,1,4-5,7,10H2,(H,20,21). The Kier molecular flexibility index (Phi) is 4.24. The van der Waals surface area contributed by atoms with Crippen LogP contribution in [0.1, 0.15) is 33.5 Å². The van der Waals surface area contributed by atoms with E-state index in [0.717, 1.165) is 24.0 Å². The monoisotopic (exact) mass is 315 g/mol. The lowest BCUT2D eigenvalue weighted by Crippen LogP contribution is -2.36. The molecule has 1 N–H and O–H groups in total. The first-order valence-electron chi connectivity index (χ1n) is 7.27. The molecule has 0 saturated heterocycles. The number of hydrogen-bond acceptors (Lipinski definition) is 3. The highest BCUT2D eigenvalue weighted by Gasteiger charge is 2.21. The van der Waals surface area contributed by atoms with E-state index < -0.39 is 5.97 Å². The van der Waals surface area contributed by atoms with Crippen LogP contribution in [0.2, 0.25) is 0 Å². The summed E-state index contributed by atoms with van der Waals surface area (Å²) in [6.07, 6.45) is 2.06. The van der Waals surface area contributed by atoms with Gasteiger partial charge < -0.3 is 10.0 Å². The predicted octanol–water partition coefficient (Wildman–Crippen LogP) is 2.96. The van der Waals surface area contributed by atoms with Crippen molar-refractivity contribution in [3.63, 3.8) is 0 Å². The van der Waals surface area contributed by atoms with Crippen LogP contribution in [-0.4, -0.2) is 28.4 Å². The lowest BCUT2D eigenvalue weighted by molar-refractivity contribution is -0.132. The summed E-state index contributed by atoms with van der Waals surface area (Å²) in [6, 6.07) is 7.24. The van der Waals surface area contributed by atoms with Gasteiger partial charge in [-0.15, -0.1) is 0 Å². The van der Waals surface area contributed by atoms with Gasteiger partial charge >= 0.3 is 5.97 Å². The van der Waals surface area contributed by atoms with Gasteiger partial charge in [0.05, 0.1) is 5.56 Å². The summed E-state index contributed by atoms with van der Waals surface area (Å²) in [6.45, 7) is 1.22. The molecule has 2 heterocycles. The second-order valence-corrected chi connectivity index (χ2v) is 6.27. The summed E-state index contributed by atoms with van der Waals surface area (Å²) in [5, 5.41) is 13.2. The highest BCUT2D eigenvalue weighted by molar-refractivity contribution is 7.07. The maximum atomic E-state index is 12.3. The van der Waals surface area contributed by atoms with E-state index in [-0.39, 0.29) is 11.5 Å². The van der Waals surface area contributed by atoms with E-state index in [4.69, 9.17) is 5.11 Å². The SMILES string of the molecule is O=C(O)c1ccc2c(c1)CN(C(=O)CCc1ccsc1)CC2. The molecule has 2 aromatic rings. The Morgan fingerprint density at radius 1 is 1.23 bits per heavy atom. The molecule has 1 aliphatic rings. The molecule has 0 saturated carbocycles. The maximum Gasteiger partial charge on any atom is 0.335 e. The third-order valence-electron chi connectivity index (χ3n) is 4.03. The molecule has 0 aliphatic carbocycles. The number of rotatable bonds is 4. The number of hydrogen-bond donors (Lipinski definition) is 1. The van der Waals surface area contributed by atoms with E-state index in [1.165, 1.54) is 5.56 Å². The van der Waals surface area contributed by atoms with Crippen LogP contribution in [0.25, 0.3) is 0 Å². The largest absolute Gasteiger partial charge is 0.478 e. The zero-order valence-corrected chi connectivity index (χ0v) is 12.9. The molecule has 1 amide bonds. The molecule has 0 atom stereocenters. The van der Waals surface area contributed by atoms with Crippen LogP contribution in [0, 0.1) is 0 Å². The van der Waals surface area contributed by atoms with Crippen LogP contribution < -0.4 is 0 Å². The number of fused-ring (bicyclic) bond motifs is 1. The van der Waals surface area contributed by atoms with Gasteiger partial charge in [-0.05, 0) is 58.5 Å². The second-order valence-electron chi connectivity index (χ2n) is 5.49. The predicted molar refractivity (Wildman–Crippen MR) is 85.2 cm³/mol. The van der Waals surface area contributed by atoms with Crippen LogP contribution in [0.4, 0.5) is 0 Å². The van der Waals surface area contributed by atoms with Crippen molar-refractivity contribution in [2.24, 2.45) is 0 Å². The molecule has 4 nitrogen and oxygen atoms in total. The topological polar surface area (TPSA) is 57.6 Å². The zero-order chi connectivity index (χ0) is 15.5. The number of carbonyl (C=O) groups excluding carboxylic acids is 1. The number of carboxylic acid groups (broad SMARTS) is 1. The lowest BCUT2D eigenvalue weighted by atomic mass is 9.97. The van der Waals surface area contributed by atoms with Crippen molar-refractivity contribution >= 4 is 23.2 Å². The van der Waals surface area contributed by atoms with E-state index in [1.807, 2.05) is 22.4 Å². The van der Waals surface area contributed by atoms with Crippen LogP contribution in [0.3, 0.4) is 0 Å². The summed E-state index contributed by atoms with van der Waals surface area (Å²) >= 11 is 1.64. The number of thiophene rings is 1. The highest BCUT2D eigenvalue weighted by atomic mass is 32.1. The average molecular weight is 315 g/mol. The summed E-state index contributed by atoms with van der Waals surface area (Å²) in [5.41, 5.74) is 3.58. The molecule has 1 aromatic heterocycles. The van der Waals surface area contributed by atoms with E-state index in [0.29, 0.717) is 19.5 Å². The highest BCUT2D eigenvalue weighted by Crippen LogP contribution is 2.21. The lowest BCUT2D eigenvalue weighted by Gasteiger charge is -2.29. The van der Waals surface area contributed by atoms with Crippen molar-refractivity contribution in [1.82, 2.24) is 4.90 Å². The number of nitrogens with zero attached hydrogens (tertiary/aromatic N) is 1. The molecule has 0 unspecified atom stereocenters. The minimum absolute atomic E-state index is 0.137. The van der Waals surface area contributed by atoms with Gasteiger partial charge in [-0.25, -0.2) is 4.79 Å². The molecule has 0 spiro atoms. The summed E-state index contributed by atoms with van der Waals surface area (Å²) < 4.78 is 0. The Morgan fingerprint density at radius 3 is 2.82 bits per heavy atom. The summed E-state index contributed by atoms with van der Waals surface area (Å²) in [5.74, 6) is -0.790. The third kappa shape index (κ3) is 3.20. The summed E-state index contributed by atoms with van der Waals surface area (Å²) in [4.78, 5) is 25.2. The van der Waals surface area contributed by atoms with Crippen molar-refractivity contribution in [2.45, 2.75) is 25.8 Å². The van der Waals surface area contributed by atoms with E-state index in [9.17, 15) is 9.59 Å². The molecule has 1 aromatic carbocycles. The maximum absolute atomic E-state index is 12.3. The molecule has 0 fully saturated rings. The molecule has 3 rings (SSSR count). The first kappa shape index (κ1) is 14.8. The fraction of sp³-hybridized carbons (Fsp3) is 0.294. The molecule has 114 valence electrons. The van der Waals surface area contributed by atoms with Crippen molar-refractivity contribution in [1.29, 1.82) is 0 Å². The van der Waals surface area contributed by atoms with Gasteiger partial charge in [-0.1, -0.05) is 6.07 Å². The zero-order valence-electron chi connectivity index (χ0n) is 12.1.